The van der Waals surface area contributed by atoms with Crippen LogP contribution in [-0.4, -0.2) is 46.6 Å². The Morgan fingerprint density at radius 3 is 2.76 bits per heavy atom. The number of rotatable bonds is 6. The van der Waals surface area contributed by atoms with Crippen LogP contribution >= 0.6 is 0 Å². The lowest BCUT2D eigenvalue weighted by atomic mass is 10.3. The molecule has 1 fully saturated rings. The summed E-state index contributed by atoms with van der Waals surface area (Å²) in [7, 11) is 5.06. The number of nitrogens with zero attached hydrogens (tertiary/aromatic N) is 5. The van der Waals surface area contributed by atoms with E-state index in [1.165, 1.54) is 30.3 Å². The highest BCUT2D eigenvalue weighted by Crippen LogP contribution is 2.38. The number of carbonyl (C=O) groups is 1. The summed E-state index contributed by atoms with van der Waals surface area (Å²) in [6, 6.07) is 1.71. The van der Waals surface area contributed by atoms with Gasteiger partial charge in [-0.05, 0) is 12.8 Å². The van der Waals surface area contributed by atoms with E-state index in [2.05, 4.69) is 20.3 Å². The molecule has 0 spiro atoms. The van der Waals surface area contributed by atoms with Crippen LogP contribution < -0.4 is 20.5 Å². The van der Waals surface area contributed by atoms with Crippen molar-refractivity contribution in [1.82, 2.24) is 19.5 Å². The predicted octanol–water partition coefficient (Wildman–Crippen LogP) is 0.624. The van der Waals surface area contributed by atoms with Crippen molar-refractivity contribution in [3.05, 3.63) is 34.6 Å². The summed E-state index contributed by atoms with van der Waals surface area (Å²) >= 11 is 0. The second-order valence-electron chi connectivity index (χ2n) is 6.09. The van der Waals surface area contributed by atoms with E-state index in [-0.39, 0.29) is 24.0 Å². The maximum Gasteiger partial charge on any atom is 0.318 e. The van der Waals surface area contributed by atoms with Gasteiger partial charge in [0.25, 0.3) is 5.56 Å². The Balaban J connectivity index is 1.73. The standard InChI is InChI=1S/C16H20N6O3/c1-21(2)15-12(7-17-16(20-15)25-3)19-13(23)8-22-9-18-11(6-14(22)24)10-4-5-10/h6-7,9-10H,4-5,8H2,1-3H3,(H,19,23). The summed E-state index contributed by atoms with van der Waals surface area (Å²) < 4.78 is 6.28. The summed E-state index contributed by atoms with van der Waals surface area (Å²) in [5, 5.41) is 2.72. The molecule has 9 heteroatoms. The fourth-order valence-corrected chi connectivity index (χ4v) is 2.39. The van der Waals surface area contributed by atoms with Crippen molar-refractivity contribution in [3.63, 3.8) is 0 Å². The Morgan fingerprint density at radius 1 is 1.40 bits per heavy atom. The van der Waals surface area contributed by atoms with E-state index in [1.54, 1.807) is 19.0 Å². The number of nitrogens with one attached hydrogen (secondary N) is 1. The fraction of sp³-hybridized carbons (Fsp3) is 0.438. The highest BCUT2D eigenvalue weighted by Gasteiger charge is 2.25. The number of carbonyl (C=O) groups excluding carboxylic acids is 1. The molecule has 0 aliphatic heterocycles. The van der Waals surface area contributed by atoms with E-state index >= 15 is 0 Å². The molecule has 0 radical (unpaired) electrons. The average Bonchev–Trinajstić information content (AvgIpc) is 3.42. The molecule has 1 amide bonds. The third kappa shape index (κ3) is 3.93. The third-order valence-electron chi connectivity index (χ3n) is 3.84. The molecule has 0 bridgehead atoms. The Labute approximate surface area is 144 Å². The summed E-state index contributed by atoms with van der Waals surface area (Å²) in [5.41, 5.74) is 1.01. The first-order valence-electron chi connectivity index (χ1n) is 7.92. The van der Waals surface area contributed by atoms with Crippen LogP contribution in [0.1, 0.15) is 24.5 Å². The van der Waals surface area contributed by atoms with Gasteiger partial charge >= 0.3 is 6.01 Å². The smallest absolute Gasteiger partial charge is 0.318 e. The van der Waals surface area contributed by atoms with Gasteiger partial charge in [0.15, 0.2) is 5.82 Å². The van der Waals surface area contributed by atoms with Crippen LogP contribution in [-0.2, 0) is 11.3 Å². The molecule has 2 heterocycles. The van der Waals surface area contributed by atoms with Crippen molar-refractivity contribution in [2.24, 2.45) is 0 Å². The number of hydrogen-bond donors (Lipinski definition) is 1. The Bertz CT molecular complexity index is 844. The molecule has 0 aromatic carbocycles. The normalized spacial score (nSPS) is 13.4. The van der Waals surface area contributed by atoms with Gasteiger partial charge in [-0.25, -0.2) is 9.97 Å². The minimum atomic E-state index is -0.361. The van der Waals surface area contributed by atoms with Gasteiger partial charge in [-0.15, -0.1) is 0 Å². The Morgan fingerprint density at radius 2 is 2.16 bits per heavy atom. The molecule has 0 saturated heterocycles. The first-order chi connectivity index (χ1) is 12.0. The van der Waals surface area contributed by atoms with Crippen LogP contribution in [0, 0.1) is 0 Å². The number of aromatic nitrogens is 4. The maximum atomic E-state index is 12.3. The minimum absolute atomic E-state index is 0.129. The molecule has 1 saturated carbocycles. The molecule has 0 atom stereocenters. The summed E-state index contributed by atoms with van der Waals surface area (Å²) in [5.74, 6) is 0.546. The van der Waals surface area contributed by atoms with Crippen LogP contribution in [0.4, 0.5) is 11.5 Å². The van der Waals surface area contributed by atoms with Crippen LogP contribution in [0.3, 0.4) is 0 Å². The number of methoxy groups -OCH3 is 1. The SMILES string of the molecule is COc1ncc(NC(=O)Cn2cnc(C3CC3)cc2=O)c(N(C)C)n1. The monoisotopic (exact) mass is 344 g/mol. The quantitative estimate of drug-likeness (QED) is 0.819. The lowest BCUT2D eigenvalue weighted by Gasteiger charge is -2.17. The predicted molar refractivity (Wildman–Crippen MR) is 92.0 cm³/mol. The molecule has 2 aromatic heterocycles. The van der Waals surface area contributed by atoms with Crippen LogP contribution in [0.2, 0.25) is 0 Å². The first-order valence-corrected chi connectivity index (χ1v) is 7.92. The van der Waals surface area contributed by atoms with Crippen LogP contribution in [0.5, 0.6) is 6.01 Å². The Kier molecular flexibility index (Phi) is 4.64. The number of anilines is 2. The minimum Gasteiger partial charge on any atom is -0.467 e. The number of hydrogen-bond acceptors (Lipinski definition) is 7. The number of ether oxygens (including phenoxy) is 1. The highest BCUT2D eigenvalue weighted by molar-refractivity contribution is 5.93. The average molecular weight is 344 g/mol. The zero-order chi connectivity index (χ0) is 18.0. The molecule has 1 aliphatic carbocycles. The van der Waals surface area contributed by atoms with E-state index in [0.717, 1.165) is 18.5 Å². The van der Waals surface area contributed by atoms with Crippen molar-refractivity contribution in [1.29, 1.82) is 0 Å². The van der Waals surface area contributed by atoms with E-state index in [1.807, 2.05) is 0 Å². The van der Waals surface area contributed by atoms with E-state index in [4.69, 9.17) is 4.74 Å². The van der Waals surface area contributed by atoms with Gasteiger partial charge in [0.2, 0.25) is 5.91 Å². The molecule has 0 unspecified atom stereocenters. The molecular weight excluding hydrogens is 324 g/mol. The lowest BCUT2D eigenvalue weighted by Crippen LogP contribution is -2.28. The van der Waals surface area contributed by atoms with Crippen molar-refractivity contribution < 1.29 is 9.53 Å². The topological polar surface area (TPSA) is 102 Å². The molecule has 3 rings (SSSR count). The molecule has 1 aliphatic rings. The Hall–Kier alpha value is -2.97. The summed E-state index contributed by atoms with van der Waals surface area (Å²) in [6.45, 7) is -0.129. The second kappa shape index (κ2) is 6.88. The molecule has 2 aromatic rings. The van der Waals surface area contributed by atoms with Gasteiger partial charge in [-0.2, -0.15) is 4.98 Å². The summed E-state index contributed by atoms with van der Waals surface area (Å²) in [4.78, 5) is 38.6. The van der Waals surface area contributed by atoms with Crippen molar-refractivity contribution in [2.75, 3.05) is 31.4 Å². The zero-order valence-corrected chi connectivity index (χ0v) is 14.4. The third-order valence-corrected chi connectivity index (χ3v) is 3.84. The van der Waals surface area contributed by atoms with Crippen molar-refractivity contribution in [3.8, 4) is 6.01 Å². The largest absolute Gasteiger partial charge is 0.467 e. The molecule has 132 valence electrons. The van der Waals surface area contributed by atoms with Gasteiger partial charge in [0, 0.05) is 26.1 Å². The van der Waals surface area contributed by atoms with Gasteiger partial charge in [0.05, 0.1) is 25.3 Å². The van der Waals surface area contributed by atoms with Gasteiger partial charge in [-0.1, -0.05) is 0 Å². The summed E-state index contributed by atoms with van der Waals surface area (Å²) in [6.07, 6.45) is 5.03. The molecular formula is C16H20N6O3. The zero-order valence-electron chi connectivity index (χ0n) is 14.4. The molecule has 9 nitrogen and oxygen atoms in total. The van der Waals surface area contributed by atoms with E-state index in [9.17, 15) is 9.59 Å². The lowest BCUT2D eigenvalue weighted by molar-refractivity contribution is -0.116. The van der Waals surface area contributed by atoms with Gasteiger partial charge in [-0.3, -0.25) is 14.2 Å². The van der Waals surface area contributed by atoms with Crippen LogP contribution in [0.15, 0.2) is 23.4 Å². The number of amides is 1. The van der Waals surface area contributed by atoms with Gasteiger partial charge in [0.1, 0.15) is 12.2 Å². The first kappa shape index (κ1) is 16.9. The second-order valence-corrected chi connectivity index (χ2v) is 6.09. The van der Waals surface area contributed by atoms with E-state index in [0.29, 0.717) is 17.4 Å². The van der Waals surface area contributed by atoms with E-state index < -0.39 is 0 Å². The molecule has 25 heavy (non-hydrogen) atoms. The molecule has 1 N–H and O–H groups in total. The van der Waals surface area contributed by atoms with Gasteiger partial charge < -0.3 is 15.0 Å². The van der Waals surface area contributed by atoms with Crippen molar-refractivity contribution in [2.45, 2.75) is 25.3 Å². The fourth-order valence-electron chi connectivity index (χ4n) is 2.39. The van der Waals surface area contributed by atoms with Crippen LogP contribution in [0.25, 0.3) is 0 Å². The highest BCUT2D eigenvalue weighted by atomic mass is 16.5. The maximum absolute atomic E-state index is 12.3. The van der Waals surface area contributed by atoms with Crippen molar-refractivity contribution >= 4 is 17.4 Å².